The summed E-state index contributed by atoms with van der Waals surface area (Å²) in [4.78, 5) is 10.6. The number of ether oxygens (including phenoxy) is 2. The van der Waals surface area contributed by atoms with E-state index in [2.05, 4.69) is 44.2 Å². The Morgan fingerprint density at radius 3 is 2.64 bits per heavy atom. The minimum absolute atomic E-state index is 0.00927. The summed E-state index contributed by atoms with van der Waals surface area (Å²) in [6, 6.07) is 12.5. The quantitative estimate of drug-likeness (QED) is 0.868. The topological polar surface area (TPSA) is 55.8 Å². The van der Waals surface area contributed by atoms with Crippen molar-refractivity contribution in [2.75, 3.05) is 6.61 Å². The van der Waals surface area contributed by atoms with Crippen LogP contribution in [0.1, 0.15) is 34.2 Å². The fourth-order valence-electron chi connectivity index (χ4n) is 3.35. The molecule has 2 aromatic rings. The molecule has 0 heterocycles. The molecule has 132 valence electrons. The van der Waals surface area contributed by atoms with Gasteiger partial charge in [-0.3, -0.25) is 0 Å². The van der Waals surface area contributed by atoms with Gasteiger partial charge in [-0.05, 0) is 73.1 Å². The van der Waals surface area contributed by atoms with E-state index in [4.69, 9.17) is 14.6 Å². The molecule has 0 saturated carbocycles. The zero-order valence-corrected chi connectivity index (χ0v) is 14.7. The second kappa shape index (κ2) is 7.70. The Bertz CT molecular complexity index is 746. The van der Waals surface area contributed by atoms with E-state index in [1.165, 1.54) is 27.8 Å². The molecule has 0 spiro atoms. The molecular formula is C21H24O4. The lowest BCUT2D eigenvalue weighted by atomic mass is 9.89. The SMILES string of the molecule is Cc1cccc(C)c1COc1ccc2c(c1)CCC(OCC(=O)O)C2. The first-order valence-corrected chi connectivity index (χ1v) is 8.66. The molecule has 25 heavy (non-hydrogen) atoms. The molecule has 0 bridgehead atoms. The first kappa shape index (κ1) is 17.5. The van der Waals surface area contributed by atoms with E-state index in [0.717, 1.165) is 25.0 Å². The molecule has 1 N–H and O–H groups in total. The molecule has 0 amide bonds. The summed E-state index contributed by atoms with van der Waals surface area (Å²) < 4.78 is 11.4. The number of fused-ring (bicyclic) bond motifs is 1. The first-order valence-electron chi connectivity index (χ1n) is 8.66. The van der Waals surface area contributed by atoms with Crippen molar-refractivity contribution in [1.29, 1.82) is 0 Å². The zero-order chi connectivity index (χ0) is 17.8. The Hall–Kier alpha value is -2.33. The minimum Gasteiger partial charge on any atom is -0.489 e. The van der Waals surface area contributed by atoms with Gasteiger partial charge in [0.15, 0.2) is 0 Å². The number of aliphatic carboxylic acids is 1. The van der Waals surface area contributed by atoms with Crippen LogP contribution in [0.3, 0.4) is 0 Å². The van der Waals surface area contributed by atoms with Gasteiger partial charge in [0.05, 0.1) is 6.10 Å². The van der Waals surface area contributed by atoms with Crippen molar-refractivity contribution < 1.29 is 19.4 Å². The second-order valence-corrected chi connectivity index (χ2v) is 6.66. The third-order valence-corrected chi connectivity index (χ3v) is 4.83. The van der Waals surface area contributed by atoms with E-state index in [-0.39, 0.29) is 12.7 Å². The molecule has 0 fully saturated rings. The van der Waals surface area contributed by atoms with Gasteiger partial charge in [-0.15, -0.1) is 0 Å². The summed E-state index contributed by atoms with van der Waals surface area (Å²) in [5, 5.41) is 8.73. The van der Waals surface area contributed by atoms with Gasteiger partial charge < -0.3 is 14.6 Å². The lowest BCUT2D eigenvalue weighted by Gasteiger charge is -2.25. The van der Waals surface area contributed by atoms with Crippen LogP contribution in [0.25, 0.3) is 0 Å². The lowest BCUT2D eigenvalue weighted by molar-refractivity contribution is -0.144. The van der Waals surface area contributed by atoms with Crippen LogP contribution < -0.4 is 4.74 Å². The van der Waals surface area contributed by atoms with Gasteiger partial charge in [0.1, 0.15) is 19.0 Å². The highest BCUT2D eigenvalue weighted by atomic mass is 16.5. The Balaban J connectivity index is 1.63. The molecule has 0 aromatic heterocycles. The van der Waals surface area contributed by atoms with Crippen LogP contribution in [-0.4, -0.2) is 23.8 Å². The van der Waals surface area contributed by atoms with Gasteiger partial charge in [-0.25, -0.2) is 4.79 Å². The molecule has 1 aliphatic rings. The van der Waals surface area contributed by atoms with Crippen molar-refractivity contribution in [3.05, 3.63) is 64.2 Å². The number of carboxylic acids is 1. The summed E-state index contributed by atoms with van der Waals surface area (Å²) >= 11 is 0. The predicted octanol–water partition coefficient (Wildman–Crippen LogP) is 3.84. The lowest BCUT2D eigenvalue weighted by Crippen LogP contribution is -2.25. The number of hydrogen-bond acceptors (Lipinski definition) is 3. The summed E-state index contributed by atoms with van der Waals surface area (Å²) in [7, 11) is 0. The molecule has 1 atom stereocenters. The molecule has 0 saturated heterocycles. The molecule has 4 heteroatoms. The summed E-state index contributed by atoms with van der Waals surface area (Å²) in [5.74, 6) is -0.0349. The normalized spacial score (nSPS) is 16.3. The highest BCUT2D eigenvalue weighted by molar-refractivity contribution is 5.68. The van der Waals surface area contributed by atoms with Gasteiger partial charge in [-0.2, -0.15) is 0 Å². The largest absolute Gasteiger partial charge is 0.489 e. The standard InChI is InChI=1S/C21H24O4/c1-14-4-3-5-15(2)20(14)12-24-18-8-6-17-11-19(25-13-21(22)23)9-7-16(17)10-18/h3-6,8,10,19H,7,9,11-13H2,1-2H3,(H,22,23). The fraction of sp³-hybridized carbons (Fsp3) is 0.381. The van der Waals surface area contributed by atoms with Crippen LogP contribution >= 0.6 is 0 Å². The van der Waals surface area contributed by atoms with Gasteiger partial charge >= 0.3 is 5.97 Å². The van der Waals surface area contributed by atoms with Gasteiger partial charge in [0.25, 0.3) is 0 Å². The Kier molecular flexibility index (Phi) is 5.39. The highest BCUT2D eigenvalue weighted by Gasteiger charge is 2.20. The maximum Gasteiger partial charge on any atom is 0.329 e. The van der Waals surface area contributed by atoms with E-state index in [1.807, 2.05) is 6.07 Å². The maximum absolute atomic E-state index is 10.6. The van der Waals surface area contributed by atoms with Crippen LogP contribution in [-0.2, 0) is 29.0 Å². The fourth-order valence-corrected chi connectivity index (χ4v) is 3.35. The number of benzene rings is 2. The summed E-state index contributed by atoms with van der Waals surface area (Å²) in [6.45, 7) is 4.56. The van der Waals surface area contributed by atoms with E-state index in [9.17, 15) is 4.79 Å². The van der Waals surface area contributed by atoms with Crippen LogP contribution in [0.4, 0.5) is 0 Å². The number of aryl methyl sites for hydroxylation is 3. The molecule has 4 nitrogen and oxygen atoms in total. The van der Waals surface area contributed by atoms with E-state index in [1.54, 1.807) is 0 Å². The van der Waals surface area contributed by atoms with Crippen LogP contribution in [0, 0.1) is 13.8 Å². The Morgan fingerprint density at radius 2 is 1.92 bits per heavy atom. The Labute approximate surface area is 148 Å². The molecule has 1 aliphatic carbocycles. The van der Waals surface area contributed by atoms with Crippen molar-refractivity contribution in [2.45, 2.75) is 45.8 Å². The third-order valence-electron chi connectivity index (χ3n) is 4.83. The number of rotatable bonds is 6. The monoisotopic (exact) mass is 340 g/mol. The minimum atomic E-state index is -0.916. The average molecular weight is 340 g/mol. The van der Waals surface area contributed by atoms with Crippen molar-refractivity contribution in [2.24, 2.45) is 0 Å². The van der Waals surface area contributed by atoms with Crippen LogP contribution in [0.15, 0.2) is 36.4 Å². The van der Waals surface area contributed by atoms with Gasteiger partial charge in [0.2, 0.25) is 0 Å². The summed E-state index contributed by atoms with van der Waals surface area (Å²) in [6.07, 6.45) is 2.49. The summed E-state index contributed by atoms with van der Waals surface area (Å²) in [5.41, 5.74) is 6.23. The maximum atomic E-state index is 10.6. The number of hydrogen-bond donors (Lipinski definition) is 1. The third kappa shape index (κ3) is 4.40. The molecule has 1 unspecified atom stereocenters. The van der Waals surface area contributed by atoms with E-state index < -0.39 is 5.97 Å². The highest BCUT2D eigenvalue weighted by Crippen LogP contribution is 2.27. The van der Waals surface area contributed by atoms with Crippen LogP contribution in [0.2, 0.25) is 0 Å². The molecule has 3 rings (SSSR count). The van der Waals surface area contributed by atoms with Crippen molar-refractivity contribution in [3.8, 4) is 5.75 Å². The second-order valence-electron chi connectivity index (χ2n) is 6.66. The van der Waals surface area contributed by atoms with Gasteiger partial charge in [0, 0.05) is 0 Å². The Morgan fingerprint density at radius 1 is 1.16 bits per heavy atom. The number of carboxylic acid groups (broad SMARTS) is 1. The molecular weight excluding hydrogens is 316 g/mol. The first-order chi connectivity index (χ1) is 12.0. The number of carbonyl (C=O) groups is 1. The van der Waals surface area contributed by atoms with Gasteiger partial charge in [-0.1, -0.05) is 24.3 Å². The van der Waals surface area contributed by atoms with Crippen molar-refractivity contribution >= 4 is 5.97 Å². The van der Waals surface area contributed by atoms with E-state index >= 15 is 0 Å². The van der Waals surface area contributed by atoms with Crippen LogP contribution in [0.5, 0.6) is 5.75 Å². The molecule has 0 radical (unpaired) electrons. The predicted molar refractivity (Wildman–Crippen MR) is 96.1 cm³/mol. The molecule has 0 aliphatic heterocycles. The zero-order valence-electron chi connectivity index (χ0n) is 14.7. The molecule has 2 aromatic carbocycles. The van der Waals surface area contributed by atoms with Crippen molar-refractivity contribution in [1.82, 2.24) is 0 Å². The smallest absolute Gasteiger partial charge is 0.329 e. The van der Waals surface area contributed by atoms with Crippen molar-refractivity contribution in [3.63, 3.8) is 0 Å². The average Bonchev–Trinajstić information content (AvgIpc) is 2.59. The van der Waals surface area contributed by atoms with E-state index in [0.29, 0.717) is 6.61 Å².